The summed E-state index contributed by atoms with van der Waals surface area (Å²) in [5.41, 5.74) is 11.1. The number of hydrogen-bond acceptors (Lipinski definition) is 5. The largest absolute Gasteiger partial charge is 0.457 e. The van der Waals surface area contributed by atoms with E-state index < -0.39 is 11.0 Å². The fourth-order valence-electron chi connectivity index (χ4n) is 9.81. The number of nitrogens with zero attached hydrogens (tertiary/aromatic N) is 2. The average molecular weight is 785 g/mol. The van der Waals surface area contributed by atoms with E-state index in [1.165, 1.54) is 27.8 Å². The van der Waals surface area contributed by atoms with Gasteiger partial charge in [-0.15, -0.1) is 0 Å². The Morgan fingerprint density at radius 1 is 0.344 bits per heavy atom. The molecule has 0 amide bonds. The molecule has 0 saturated heterocycles. The summed E-state index contributed by atoms with van der Waals surface area (Å²) in [6.07, 6.45) is 0. The summed E-state index contributed by atoms with van der Waals surface area (Å²) in [5.74, 6) is 3.12. The van der Waals surface area contributed by atoms with Gasteiger partial charge in [0.1, 0.15) is 28.6 Å². The monoisotopic (exact) mass is 784 g/mol. The average Bonchev–Trinajstić information content (AvgIpc) is 3.60. The molecule has 4 heterocycles. The number of fused-ring (bicyclic) bond motifs is 13. The fraction of sp³-hybridized carbons (Fsp3) is 0.0357. The standard InChI is InChI=1S/C28H19NO2.C28H17NO/c30-28(21-13-5-8-16-25(21)31-26-17-9-6-14-22(26)28)23-18-20-12-4-7-15-24(20)29-27(23)19-10-2-1-3-11-19;1-6-14-24-18(9-1)17-23-27(29-24)19-10-2-3-11-20(19)28(23)21-12-4-7-15-25(21)30-26-16-8-5-13-22(26)28/h1-18,30H;1-17H. The van der Waals surface area contributed by atoms with Crippen LogP contribution in [0, 0.1) is 0 Å². The van der Waals surface area contributed by atoms with E-state index in [2.05, 4.69) is 97.1 Å². The van der Waals surface area contributed by atoms with Crippen molar-refractivity contribution in [1.82, 2.24) is 9.97 Å². The van der Waals surface area contributed by atoms with Crippen LogP contribution in [0.3, 0.4) is 0 Å². The molecular formula is C56H36N2O3. The second-order valence-corrected chi connectivity index (χ2v) is 15.7. The van der Waals surface area contributed by atoms with E-state index in [9.17, 15) is 5.11 Å². The van der Waals surface area contributed by atoms with Crippen molar-refractivity contribution in [3.8, 4) is 45.5 Å². The van der Waals surface area contributed by atoms with Gasteiger partial charge in [-0.05, 0) is 59.7 Å². The molecule has 10 aromatic rings. The summed E-state index contributed by atoms with van der Waals surface area (Å²) in [4.78, 5) is 10.2. The summed E-state index contributed by atoms with van der Waals surface area (Å²) in [7, 11) is 0. The molecule has 61 heavy (non-hydrogen) atoms. The van der Waals surface area contributed by atoms with Crippen LogP contribution in [0.4, 0.5) is 0 Å². The van der Waals surface area contributed by atoms with Gasteiger partial charge in [0.15, 0.2) is 0 Å². The first-order chi connectivity index (χ1) is 30.1. The fourth-order valence-corrected chi connectivity index (χ4v) is 9.81. The Morgan fingerprint density at radius 3 is 1.33 bits per heavy atom. The Balaban J connectivity index is 0.000000131. The molecule has 2 aliphatic heterocycles. The summed E-state index contributed by atoms with van der Waals surface area (Å²) >= 11 is 0. The van der Waals surface area contributed by atoms with Gasteiger partial charge in [-0.3, -0.25) is 0 Å². The van der Waals surface area contributed by atoms with Crippen LogP contribution in [0.25, 0.3) is 44.3 Å². The highest BCUT2D eigenvalue weighted by molar-refractivity contribution is 5.93. The first-order valence-electron chi connectivity index (χ1n) is 20.5. The number of hydrogen-bond donors (Lipinski definition) is 1. The van der Waals surface area contributed by atoms with Gasteiger partial charge in [0.05, 0.1) is 27.8 Å². The highest BCUT2D eigenvalue weighted by Gasteiger charge is 2.52. The Morgan fingerprint density at radius 2 is 0.754 bits per heavy atom. The quantitative estimate of drug-likeness (QED) is 0.189. The highest BCUT2D eigenvalue weighted by Crippen LogP contribution is 2.62. The summed E-state index contributed by atoms with van der Waals surface area (Å²) in [6, 6.07) is 71.7. The molecule has 1 N–H and O–H groups in total. The zero-order valence-electron chi connectivity index (χ0n) is 32.9. The minimum Gasteiger partial charge on any atom is -0.457 e. The van der Waals surface area contributed by atoms with E-state index in [0.717, 1.165) is 55.8 Å². The first kappa shape index (κ1) is 35.1. The van der Waals surface area contributed by atoms with Crippen LogP contribution in [0.15, 0.2) is 212 Å². The Kier molecular flexibility index (Phi) is 7.83. The number of benzene rings is 8. The third-order valence-electron chi connectivity index (χ3n) is 12.5. The topological polar surface area (TPSA) is 64.5 Å². The van der Waals surface area contributed by atoms with Crippen molar-refractivity contribution >= 4 is 21.8 Å². The van der Waals surface area contributed by atoms with E-state index in [4.69, 9.17) is 19.4 Å². The zero-order valence-corrected chi connectivity index (χ0v) is 32.9. The number of ether oxygens (including phenoxy) is 2. The number of rotatable bonds is 2. The molecule has 3 aliphatic rings. The van der Waals surface area contributed by atoms with E-state index in [1.54, 1.807) is 0 Å². The van der Waals surface area contributed by atoms with E-state index in [0.29, 0.717) is 22.6 Å². The van der Waals surface area contributed by atoms with Gasteiger partial charge < -0.3 is 14.6 Å². The first-order valence-corrected chi connectivity index (χ1v) is 20.5. The van der Waals surface area contributed by atoms with Crippen LogP contribution < -0.4 is 9.47 Å². The molecule has 5 nitrogen and oxygen atoms in total. The number of pyridine rings is 2. The summed E-state index contributed by atoms with van der Waals surface area (Å²) in [5, 5.41) is 14.7. The second kappa shape index (κ2) is 13.6. The molecular weight excluding hydrogens is 749 g/mol. The molecule has 0 bridgehead atoms. The molecule has 0 saturated carbocycles. The van der Waals surface area contributed by atoms with Crippen LogP contribution in [0.5, 0.6) is 23.0 Å². The SMILES string of the molecule is OC1(c2cc3ccccc3nc2-c2ccccc2)c2ccccc2Oc2ccccc21.c1ccc2c(c1)Oc1ccccc1C21c2ccccc2-c2nc3ccccc3cc21. The molecule has 2 aromatic heterocycles. The van der Waals surface area contributed by atoms with Gasteiger partial charge in [-0.25, -0.2) is 9.97 Å². The lowest BCUT2D eigenvalue weighted by Gasteiger charge is -2.39. The predicted octanol–water partition coefficient (Wildman–Crippen LogP) is 13.0. The van der Waals surface area contributed by atoms with Gasteiger partial charge in [0.25, 0.3) is 0 Å². The van der Waals surface area contributed by atoms with E-state index in [1.807, 2.05) is 115 Å². The highest BCUT2D eigenvalue weighted by atomic mass is 16.5. The maximum Gasteiger partial charge on any atom is 0.149 e. The Bertz CT molecular complexity index is 3270. The molecule has 5 heteroatoms. The van der Waals surface area contributed by atoms with Crippen molar-refractivity contribution in [2.45, 2.75) is 11.0 Å². The maximum atomic E-state index is 12.5. The van der Waals surface area contributed by atoms with Gasteiger partial charge in [0.2, 0.25) is 0 Å². The summed E-state index contributed by atoms with van der Waals surface area (Å²) < 4.78 is 12.5. The lowest BCUT2D eigenvalue weighted by molar-refractivity contribution is 0.113. The number of aliphatic hydroxyl groups is 1. The smallest absolute Gasteiger partial charge is 0.149 e. The minimum atomic E-state index is -1.41. The molecule has 0 unspecified atom stereocenters. The normalized spacial score (nSPS) is 14.2. The third kappa shape index (κ3) is 5.18. The Labute approximate surface area is 352 Å². The van der Waals surface area contributed by atoms with Crippen molar-refractivity contribution in [2.75, 3.05) is 0 Å². The van der Waals surface area contributed by atoms with Crippen molar-refractivity contribution in [3.05, 3.63) is 251 Å². The van der Waals surface area contributed by atoms with Crippen molar-refractivity contribution in [2.24, 2.45) is 0 Å². The zero-order chi connectivity index (χ0) is 40.5. The van der Waals surface area contributed by atoms with Crippen LogP contribution in [-0.2, 0) is 11.0 Å². The molecule has 8 aromatic carbocycles. The van der Waals surface area contributed by atoms with Crippen LogP contribution in [-0.4, -0.2) is 15.1 Å². The van der Waals surface area contributed by atoms with Crippen LogP contribution in [0.2, 0.25) is 0 Å². The second-order valence-electron chi connectivity index (χ2n) is 15.7. The minimum absolute atomic E-state index is 0.436. The Hall–Kier alpha value is -7.86. The molecule has 0 radical (unpaired) electrons. The van der Waals surface area contributed by atoms with E-state index >= 15 is 0 Å². The number of aromatic nitrogens is 2. The van der Waals surface area contributed by atoms with Crippen LogP contribution in [0.1, 0.15) is 38.9 Å². The van der Waals surface area contributed by atoms with Crippen LogP contribution >= 0.6 is 0 Å². The molecule has 1 spiro atoms. The van der Waals surface area contributed by atoms with Gasteiger partial charge >= 0.3 is 0 Å². The van der Waals surface area contributed by atoms with Crippen molar-refractivity contribution < 1.29 is 14.6 Å². The lowest BCUT2D eigenvalue weighted by Crippen LogP contribution is -2.33. The maximum absolute atomic E-state index is 12.5. The predicted molar refractivity (Wildman–Crippen MR) is 241 cm³/mol. The van der Waals surface area contributed by atoms with Crippen molar-refractivity contribution in [1.29, 1.82) is 0 Å². The van der Waals surface area contributed by atoms with Crippen molar-refractivity contribution in [3.63, 3.8) is 0 Å². The van der Waals surface area contributed by atoms with Gasteiger partial charge in [0, 0.05) is 49.7 Å². The summed E-state index contributed by atoms with van der Waals surface area (Å²) in [6.45, 7) is 0. The third-order valence-corrected chi connectivity index (χ3v) is 12.5. The molecule has 288 valence electrons. The lowest BCUT2D eigenvalue weighted by atomic mass is 9.66. The molecule has 13 rings (SSSR count). The molecule has 0 atom stereocenters. The molecule has 0 fully saturated rings. The van der Waals surface area contributed by atoms with Gasteiger partial charge in [-0.2, -0.15) is 0 Å². The van der Waals surface area contributed by atoms with E-state index in [-0.39, 0.29) is 0 Å². The van der Waals surface area contributed by atoms with Gasteiger partial charge in [-0.1, -0.05) is 164 Å². The molecule has 1 aliphatic carbocycles. The number of para-hydroxylation sites is 6.